The largest absolute Gasteiger partial charge is 0.348 e. The van der Waals surface area contributed by atoms with Crippen LogP contribution in [0.5, 0.6) is 0 Å². The van der Waals surface area contributed by atoms with Crippen LogP contribution in [0.2, 0.25) is 0 Å². The Bertz CT molecular complexity index is 3140. The third kappa shape index (κ3) is 6.14. The maximum atomic E-state index is 12.6. The van der Waals surface area contributed by atoms with E-state index in [1.807, 2.05) is 24.3 Å². The van der Waals surface area contributed by atoms with Crippen molar-refractivity contribution < 1.29 is 31.3 Å². The van der Waals surface area contributed by atoms with E-state index in [-0.39, 0.29) is 37.0 Å². The molecule has 10 rings (SSSR count). The maximum absolute atomic E-state index is 12.6. The fourth-order valence-corrected chi connectivity index (χ4v) is 7.33. The molecule has 0 aliphatic carbocycles. The first-order valence-corrected chi connectivity index (χ1v) is 17.3. The van der Waals surface area contributed by atoms with Gasteiger partial charge in [0.05, 0.1) is 0 Å². The van der Waals surface area contributed by atoms with Gasteiger partial charge in [-0.15, -0.1) is 42.0 Å². The van der Waals surface area contributed by atoms with Crippen molar-refractivity contribution in [3.05, 3.63) is 163 Å². The van der Waals surface area contributed by atoms with Gasteiger partial charge in [0, 0.05) is 67.3 Å². The van der Waals surface area contributed by atoms with Crippen molar-refractivity contribution in [2.45, 2.75) is 34.0 Å². The van der Waals surface area contributed by atoms with Gasteiger partial charge >= 0.3 is 0 Å². The Balaban J connectivity index is 0.000000286. The Kier molecular flexibility index (Phi) is 7.39. The molecule has 0 amide bonds. The summed E-state index contributed by atoms with van der Waals surface area (Å²) in [6, 6.07) is 45.6. The average Bonchev–Trinajstić information content (AvgIpc) is 3.72. The zero-order valence-corrected chi connectivity index (χ0v) is 31.6. The molecule has 0 aliphatic heterocycles. The Morgan fingerprint density at radius 3 is 2.28 bits per heavy atom. The van der Waals surface area contributed by atoms with Gasteiger partial charge in [-0.1, -0.05) is 121 Å². The molecule has 6 aromatic carbocycles. The van der Waals surface area contributed by atoms with Gasteiger partial charge < -0.3 is 9.38 Å². The second kappa shape index (κ2) is 13.5. The normalized spacial score (nSPS) is 13.7. The molecular formula is C48H36FIrN3-2. The van der Waals surface area contributed by atoms with Gasteiger partial charge in [0.15, 0.2) is 0 Å². The number of hydrogen-bond donors (Lipinski definition) is 0. The van der Waals surface area contributed by atoms with Gasteiger partial charge in [0.1, 0.15) is 0 Å². The van der Waals surface area contributed by atoms with E-state index in [0.29, 0.717) is 11.3 Å². The third-order valence-corrected chi connectivity index (χ3v) is 9.48. The molecule has 0 aliphatic rings. The molecule has 53 heavy (non-hydrogen) atoms. The van der Waals surface area contributed by atoms with Crippen LogP contribution in [0.3, 0.4) is 0 Å². The van der Waals surface area contributed by atoms with Crippen LogP contribution < -0.4 is 0 Å². The number of rotatable bonds is 3. The molecule has 0 spiro atoms. The minimum atomic E-state index is -2.51. The van der Waals surface area contributed by atoms with Crippen LogP contribution in [0.15, 0.2) is 134 Å². The summed E-state index contributed by atoms with van der Waals surface area (Å²) >= 11 is 0. The SMILES string of the molecule is Fc1c[c-]c(-c2ccccn2)cc1.[2H]C([2H])([2H])c1cnc(-c2[c-]c3c4ccccc4n4c5ccc6ccc7ccccc7c6c5c(c2)c34)cc1C([2H])([2H])C(C)(C)C.[Ir]. The van der Waals surface area contributed by atoms with Crippen LogP contribution in [0.1, 0.15) is 38.8 Å². The molecule has 0 unspecified atom stereocenters. The summed E-state index contributed by atoms with van der Waals surface area (Å²) in [4.78, 5) is 8.76. The second-order valence-electron chi connectivity index (χ2n) is 14.1. The predicted octanol–water partition coefficient (Wildman–Crippen LogP) is 12.6. The van der Waals surface area contributed by atoms with Gasteiger partial charge in [0.2, 0.25) is 0 Å². The van der Waals surface area contributed by atoms with Gasteiger partial charge in [0.25, 0.3) is 0 Å². The van der Waals surface area contributed by atoms with E-state index in [2.05, 4.69) is 99.3 Å². The zero-order valence-electron chi connectivity index (χ0n) is 34.3. The number of nitrogens with zero attached hydrogens (tertiary/aromatic N) is 3. The van der Waals surface area contributed by atoms with E-state index in [9.17, 15) is 4.39 Å². The van der Waals surface area contributed by atoms with E-state index in [1.54, 1.807) is 39.1 Å². The van der Waals surface area contributed by atoms with E-state index in [1.165, 1.54) is 34.5 Å². The number of halogens is 1. The quantitative estimate of drug-likeness (QED) is 0.131. The Labute approximate surface area is 328 Å². The van der Waals surface area contributed by atoms with Crippen LogP contribution in [-0.2, 0) is 26.5 Å². The number of hydrogen-bond acceptors (Lipinski definition) is 2. The molecule has 0 fully saturated rings. The topological polar surface area (TPSA) is 30.2 Å². The molecule has 0 N–H and O–H groups in total. The molecule has 0 atom stereocenters. The third-order valence-electron chi connectivity index (χ3n) is 9.48. The Morgan fingerprint density at radius 1 is 0.736 bits per heavy atom. The van der Waals surface area contributed by atoms with E-state index < -0.39 is 18.6 Å². The van der Waals surface area contributed by atoms with Crippen molar-refractivity contribution >= 4 is 59.6 Å². The first kappa shape index (κ1) is 29.0. The number of para-hydroxylation sites is 1. The number of aromatic nitrogens is 3. The zero-order chi connectivity index (χ0) is 39.9. The van der Waals surface area contributed by atoms with Crippen molar-refractivity contribution in [1.29, 1.82) is 0 Å². The van der Waals surface area contributed by atoms with Crippen molar-refractivity contribution in [3.63, 3.8) is 0 Å². The van der Waals surface area contributed by atoms with E-state index in [4.69, 9.17) is 6.85 Å². The molecule has 10 aromatic rings. The van der Waals surface area contributed by atoms with Crippen LogP contribution >= 0.6 is 0 Å². The fourth-order valence-electron chi connectivity index (χ4n) is 7.33. The van der Waals surface area contributed by atoms with Crippen molar-refractivity contribution in [1.82, 2.24) is 14.4 Å². The molecule has 0 saturated carbocycles. The summed E-state index contributed by atoms with van der Waals surface area (Å²) in [5, 5.41) is 8.92. The summed E-state index contributed by atoms with van der Waals surface area (Å²) in [6.07, 6.45) is 1.11. The number of aryl methyl sites for hydroxylation is 1. The number of fused-ring (bicyclic) bond motifs is 10. The van der Waals surface area contributed by atoms with Crippen molar-refractivity contribution in [3.8, 4) is 22.5 Å². The first-order chi connectivity index (χ1) is 27.2. The van der Waals surface area contributed by atoms with Gasteiger partial charge in [-0.3, -0.25) is 9.37 Å². The summed E-state index contributed by atoms with van der Waals surface area (Å²) in [5.41, 5.74) is 5.31. The molecule has 0 bridgehead atoms. The van der Waals surface area contributed by atoms with Gasteiger partial charge in [-0.25, -0.2) is 0 Å². The van der Waals surface area contributed by atoms with Gasteiger partial charge in [-0.2, -0.15) is 0 Å². The molecule has 4 heterocycles. The van der Waals surface area contributed by atoms with Crippen molar-refractivity contribution in [2.24, 2.45) is 5.41 Å². The Hall–Kier alpha value is -5.48. The standard InChI is InChI=1S/C37H29N2.C11H7FN.Ir/c1-22-21-38-31(19-26(22)20-37(2,3)4)25-17-29-28-11-7-8-12-32(28)39-33-16-15-24-14-13-23-9-5-6-10-27(23)34(24)35(33)30(18-25)36(29)39;12-10-6-4-9(5-7-10)11-3-1-2-8-13-11;/h5-16,18-19,21H,20H2,1-4H3;1-4,6-8H;/q2*-1;/i1D3,20D2;;. The molecule has 0 saturated heterocycles. The first-order valence-electron chi connectivity index (χ1n) is 19.8. The van der Waals surface area contributed by atoms with Crippen LogP contribution in [-0.4, -0.2) is 14.4 Å². The molecule has 4 aromatic heterocycles. The average molecular weight is 871 g/mol. The fraction of sp³-hybridized carbons (Fsp3) is 0.125. The minimum Gasteiger partial charge on any atom is -0.348 e. The van der Waals surface area contributed by atoms with Gasteiger partial charge in [-0.05, 0) is 80.7 Å². The van der Waals surface area contributed by atoms with Crippen LogP contribution in [0, 0.1) is 30.2 Å². The number of benzene rings is 6. The molecule has 3 nitrogen and oxygen atoms in total. The summed E-state index contributed by atoms with van der Waals surface area (Å²) in [6.45, 7) is 2.86. The molecule has 1 radical (unpaired) electrons. The smallest absolute Gasteiger partial charge is 0.0457 e. The Morgan fingerprint density at radius 2 is 1.51 bits per heavy atom. The maximum Gasteiger partial charge on any atom is 0.0457 e. The molecule has 261 valence electrons. The molecule has 5 heteroatoms. The monoisotopic (exact) mass is 871 g/mol. The minimum absolute atomic E-state index is 0. The summed E-state index contributed by atoms with van der Waals surface area (Å²) < 4.78 is 57.4. The van der Waals surface area contributed by atoms with Crippen LogP contribution in [0.4, 0.5) is 4.39 Å². The second-order valence-corrected chi connectivity index (χ2v) is 14.1. The van der Waals surface area contributed by atoms with E-state index in [0.717, 1.165) is 54.7 Å². The van der Waals surface area contributed by atoms with Crippen LogP contribution in [0.25, 0.3) is 82.2 Å². The van der Waals surface area contributed by atoms with Crippen molar-refractivity contribution in [2.75, 3.05) is 0 Å². The summed E-state index contributed by atoms with van der Waals surface area (Å²) in [5.74, 6) is -0.278. The summed E-state index contributed by atoms with van der Waals surface area (Å²) in [7, 11) is 0. The predicted molar refractivity (Wildman–Crippen MR) is 215 cm³/mol. The molecular weight excluding hydrogens is 830 g/mol. The number of pyridine rings is 2. The van der Waals surface area contributed by atoms with E-state index >= 15 is 0 Å².